The van der Waals surface area contributed by atoms with Gasteiger partial charge in [0.05, 0.1) is 26.3 Å². The lowest BCUT2D eigenvalue weighted by Crippen LogP contribution is -2.33. The van der Waals surface area contributed by atoms with Gasteiger partial charge in [-0.1, -0.05) is 18.2 Å². The van der Waals surface area contributed by atoms with Crippen molar-refractivity contribution in [3.05, 3.63) is 90.3 Å². The van der Waals surface area contributed by atoms with Crippen molar-refractivity contribution in [2.75, 3.05) is 57.8 Å². The van der Waals surface area contributed by atoms with E-state index in [1.165, 1.54) is 30.1 Å². The minimum atomic E-state index is -0.234. The third-order valence-corrected chi connectivity index (χ3v) is 8.40. The van der Waals surface area contributed by atoms with Gasteiger partial charge in [-0.15, -0.1) is 0 Å². The summed E-state index contributed by atoms with van der Waals surface area (Å²) in [4.78, 5) is 36.8. The molecule has 10 nitrogen and oxygen atoms in total. The van der Waals surface area contributed by atoms with E-state index in [1.54, 1.807) is 27.4 Å². The van der Waals surface area contributed by atoms with Gasteiger partial charge in [0.2, 0.25) is 0 Å². The average molecular weight is 621 g/mol. The maximum absolute atomic E-state index is 13.1. The fourth-order valence-corrected chi connectivity index (χ4v) is 6.03. The molecule has 0 amide bonds. The molecule has 0 bridgehead atoms. The molecule has 4 aromatic rings. The zero-order chi connectivity index (χ0) is 32.0. The van der Waals surface area contributed by atoms with Gasteiger partial charge >= 0.3 is 0 Å². The molecule has 0 saturated carbocycles. The first kappa shape index (κ1) is 30.8. The first-order valence-electron chi connectivity index (χ1n) is 15.2. The van der Waals surface area contributed by atoms with Crippen LogP contribution >= 0.6 is 0 Å². The Hall–Kier alpha value is -5.22. The maximum atomic E-state index is 13.1. The van der Waals surface area contributed by atoms with Crippen LogP contribution in [0.2, 0.25) is 0 Å². The van der Waals surface area contributed by atoms with Gasteiger partial charge in [-0.05, 0) is 72.9 Å². The van der Waals surface area contributed by atoms with Crippen molar-refractivity contribution in [3.63, 3.8) is 0 Å². The van der Waals surface area contributed by atoms with Gasteiger partial charge in [-0.3, -0.25) is 9.59 Å². The van der Waals surface area contributed by atoms with Crippen molar-refractivity contribution >= 4 is 45.2 Å². The molecule has 0 radical (unpaired) electrons. The Bertz CT molecular complexity index is 1830. The van der Waals surface area contributed by atoms with E-state index in [9.17, 15) is 9.59 Å². The maximum Gasteiger partial charge on any atom is 0.186 e. The number of allylic oxidation sites excluding steroid dienone is 4. The fraction of sp³-hybridized carbons (Fsp3) is 0.278. The molecule has 0 spiro atoms. The second kappa shape index (κ2) is 13.8. The number of para-hydroxylation sites is 1. The highest BCUT2D eigenvalue weighted by Crippen LogP contribution is 2.39. The lowest BCUT2D eigenvalue weighted by atomic mass is 9.88. The molecule has 10 heteroatoms. The number of nitrogens with one attached hydrogen (secondary N) is 1. The van der Waals surface area contributed by atoms with Crippen LogP contribution in [0.4, 0.5) is 17.2 Å². The molecular formula is C36H36N4O6. The molecule has 2 heterocycles. The molecular weight excluding hydrogens is 584 g/mol. The Labute approximate surface area is 267 Å². The summed E-state index contributed by atoms with van der Waals surface area (Å²) in [5.41, 5.74) is 4.43. The quantitative estimate of drug-likeness (QED) is 0.161. The van der Waals surface area contributed by atoms with Crippen LogP contribution in [0, 0.1) is 0 Å². The molecule has 0 unspecified atom stereocenters. The minimum Gasteiger partial charge on any atom is -0.496 e. The molecule has 6 rings (SSSR count). The summed E-state index contributed by atoms with van der Waals surface area (Å²) >= 11 is 0. The van der Waals surface area contributed by atoms with Gasteiger partial charge in [0.1, 0.15) is 24.5 Å². The Morgan fingerprint density at radius 1 is 0.870 bits per heavy atom. The van der Waals surface area contributed by atoms with Crippen LogP contribution in [-0.4, -0.2) is 69.2 Å². The zero-order valence-corrected chi connectivity index (χ0v) is 26.1. The van der Waals surface area contributed by atoms with Crippen LogP contribution in [0.5, 0.6) is 17.2 Å². The standard InChI is InChI=1S/C36H36N4O6/c1-43-16-17-46-35-21-31-29(20-34(35)45-3)36(38-22-37-31)39-30-10-8-24(18-27(30)28-19-25(41)9-11-32(28)42)40-14-12-23(13-15-40)26-6-4-5-7-33(26)44-2/h4-11,18-23H,12-17H2,1-3H3,(H,37,38,39). The van der Waals surface area contributed by atoms with E-state index >= 15 is 0 Å². The second-order valence-corrected chi connectivity index (χ2v) is 11.1. The van der Waals surface area contributed by atoms with Crippen LogP contribution in [0.3, 0.4) is 0 Å². The zero-order valence-electron chi connectivity index (χ0n) is 26.1. The van der Waals surface area contributed by atoms with Crippen molar-refractivity contribution < 1.29 is 28.5 Å². The third-order valence-electron chi connectivity index (χ3n) is 8.40. The molecule has 1 aromatic heterocycles. The summed E-state index contributed by atoms with van der Waals surface area (Å²) in [5.74, 6) is 2.43. The van der Waals surface area contributed by atoms with Crippen LogP contribution in [0.25, 0.3) is 16.5 Å². The first-order valence-corrected chi connectivity index (χ1v) is 15.2. The van der Waals surface area contributed by atoms with Crippen LogP contribution in [0.15, 0.2) is 79.2 Å². The smallest absolute Gasteiger partial charge is 0.186 e. The summed E-state index contributed by atoms with van der Waals surface area (Å²) in [6, 6.07) is 17.8. The normalized spacial score (nSPS) is 15.2. The molecule has 1 aliphatic heterocycles. The monoisotopic (exact) mass is 620 g/mol. The van der Waals surface area contributed by atoms with Gasteiger partial charge in [-0.2, -0.15) is 0 Å². The topological polar surface area (TPSA) is 112 Å². The van der Waals surface area contributed by atoms with Crippen molar-refractivity contribution in [2.24, 2.45) is 0 Å². The molecule has 0 atom stereocenters. The van der Waals surface area contributed by atoms with E-state index in [4.69, 9.17) is 18.9 Å². The molecule has 1 aliphatic carbocycles. The predicted molar refractivity (Wildman–Crippen MR) is 177 cm³/mol. The molecule has 1 N–H and O–H groups in total. The van der Waals surface area contributed by atoms with Gasteiger partial charge in [0.25, 0.3) is 0 Å². The third kappa shape index (κ3) is 6.43. The number of nitrogens with zero attached hydrogens (tertiary/aromatic N) is 3. The second-order valence-electron chi connectivity index (χ2n) is 11.1. The van der Waals surface area contributed by atoms with Gasteiger partial charge in [0, 0.05) is 54.2 Å². The molecule has 236 valence electrons. The van der Waals surface area contributed by atoms with Gasteiger partial charge in [-0.25, -0.2) is 9.97 Å². The molecule has 46 heavy (non-hydrogen) atoms. The Morgan fingerprint density at radius 2 is 1.67 bits per heavy atom. The van der Waals surface area contributed by atoms with Crippen LogP contribution in [-0.2, 0) is 14.3 Å². The number of aromatic nitrogens is 2. The number of hydrogen-bond donors (Lipinski definition) is 1. The van der Waals surface area contributed by atoms with E-state index < -0.39 is 0 Å². The van der Waals surface area contributed by atoms with Crippen molar-refractivity contribution in [2.45, 2.75) is 18.8 Å². The Morgan fingerprint density at radius 3 is 2.46 bits per heavy atom. The molecule has 2 aliphatic rings. The number of rotatable bonds is 11. The SMILES string of the molecule is COCCOc1cc2ncnc(Nc3ccc(N4CCC(c5ccccc5OC)CC4)cc3C3=CC(=O)C=CC3=O)c2cc1OC. The number of carbonyl (C=O) groups is 2. The largest absolute Gasteiger partial charge is 0.496 e. The minimum absolute atomic E-state index is 0.234. The number of piperidine rings is 1. The number of methoxy groups -OCH3 is 3. The average Bonchev–Trinajstić information content (AvgIpc) is 3.09. The van der Waals surface area contributed by atoms with Crippen molar-refractivity contribution in [1.82, 2.24) is 9.97 Å². The highest BCUT2D eigenvalue weighted by molar-refractivity contribution is 6.34. The van der Waals surface area contributed by atoms with Crippen LogP contribution in [0.1, 0.15) is 29.9 Å². The lowest BCUT2D eigenvalue weighted by molar-refractivity contribution is -0.113. The summed E-state index contributed by atoms with van der Waals surface area (Å²) in [5, 5.41) is 4.12. The number of hydrogen-bond acceptors (Lipinski definition) is 10. The van der Waals surface area contributed by atoms with E-state index in [1.807, 2.05) is 36.4 Å². The van der Waals surface area contributed by atoms with E-state index in [0.717, 1.165) is 37.4 Å². The lowest BCUT2D eigenvalue weighted by Gasteiger charge is -2.34. The van der Waals surface area contributed by atoms with Crippen molar-refractivity contribution in [3.8, 4) is 17.2 Å². The number of carbonyl (C=O) groups excluding carboxylic acids is 2. The molecule has 1 fully saturated rings. The number of fused-ring (bicyclic) bond motifs is 1. The molecule has 3 aromatic carbocycles. The van der Waals surface area contributed by atoms with Gasteiger partial charge < -0.3 is 29.2 Å². The predicted octanol–water partition coefficient (Wildman–Crippen LogP) is 5.89. The van der Waals surface area contributed by atoms with Crippen molar-refractivity contribution in [1.29, 1.82) is 0 Å². The highest BCUT2D eigenvalue weighted by atomic mass is 16.5. The number of anilines is 3. The van der Waals surface area contributed by atoms with E-state index in [0.29, 0.717) is 64.2 Å². The number of ketones is 2. The van der Waals surface area contributed by atoms with Gasteiger partial charge in [0.15, 0.2) is 23.1 Å². The molecule has 1 saturated heterocycles. The van der Waals surface area contributed by atoms with E-state index in [-0.39, 0.29) is 11.6 Å². The summed E-state index contributed by atoms with van der Waals surface area (Å²) in [6.45, 7) is 2.47. The fourth-order valence-electron chi connectivity index (χ4n) is 6.03. The number of benzene rings is 3. The summed E-state index contributed by atoms with van der Waals surface area (Å²) in [7, 11) is 4.90. The highest BCUT2D eigenvalue weighted by Gasteiger charge is 2.25. The van der Waals surface area contributed by atoms with Crippen LogP contribution < -0.4 is 24.4 Å². The summed E-state index contributed by atoms with van der Waals surface area (Å²) in [6.07, 6.45) is 7.40. The Balaban J connectivity index is 1.32. The Kier molecular flexibility index (Phi) is 9.25. The summed E-state index contributed by atoms with van der Waals surface area (Å²) < 4.78 is 22.2. The first-order chi connectivity index (χ1) is 22.5. The van der Waals surface area contributed by atoms with E-state index in [2.05, 4.69) is 32.3 Å². The number of ether oxygens (including phenoxy) is 4.